The van der Waals surface area contributed by atoms with Crippen molar-refractivity contribution in [3.63, 3.8) is 0 Å². The summed E-state index contributed by atoms with van der Waals surface area (Å²) in [6.07, 6.45) is 2.16. The molecule has 5 heteroatoms. The molecule has 0 saturated heterocycles. The molecule has 124 valence electrons. The van der Waals surface area contributed by atoms with Crippen molar-refractivity contribution in [3.05, 3.63) is 59.0 Å². The van der Waals surface area contributed by atoms with Crippen LogP contribution in [-0.2, 0) is 13.0 Å². The first-order valence-electron chi connectivity index (χ1n) is 8.40. The van der Waals surface area contributed by atoms with Gasteiger partial charge in [-0.05, 0) is 61.2 Å². The van der Waals surface area contributed by atoms with Crippen LogP contribution < -0.4 is 0 Å². The van der Waals surface area contributed by atoms with Crippen molar-refractivity contribution in [2.24, 2.45) is 0 Å². The van der Waals surface area contributed by atoms with E-state index in [1.165, 1.54) is 22.0 Å². The molecule has 2 aromatic heterocycles. The molecule has 0 aliphatic carbocycles. The maximum atomic E-state index is 13.7. The van der Waals surface area contributed by atoms with E-state index in [9.17, 15) is 4.39 Å². The molecular weight excluding hydrogens is 333 g/mol. The Morgan fingerprint density at radius 1 is 1.12 bits per heavy atom. The Labute approximate surface area is 148 Å². The lowest BCUT2D eigenvalue weighted by molar-refractivity contribution is 0.618. The first-order valence-corrected chi connectivity index (χ1v) is 9.28. The number of hydrogen-bond donors (Lipinski definition) is 0. The molecule has 1 aliphatic rings. The largest absolute Gasteiger partial charge is 0.268 e. The number of thiazole rings is 1. The smallest absolute Gasteiger partial charge is 0.126 e. The molecule has 5 rings (SSSR count). The molecule has 3 heterocycles. The zero-order chi connectivity index (χ0) is 17.0. The number of nitrogens with zero attached hydrogens (tertiary/aromatic N) is 3. The fourth-order valence-electron chi connectivity index (χ4n) is 3.64. The van der Waals surface area contributed by atoms with Crippen molar-refractivity contribution in [3.8, 4) is 22.4 Å². The van der Waals surface area contributed by atoms with Gasteiger partial charge in [0.1, 0.15) is 11.5 Å². The number of aryl methyl sites for hydroxylation is 2. The number of rotatable bonds is 2. The van der Waals surface area contributed by atoms with E-state index in [0.717, 1.165) is 41.7 Å². The van der Waals surface area contributed by atoms with Crippen LogP contribution in [0, 0.1) is 12.7 Å². The fraction of sp³-hybridized carbons (Fsp3) is 0.200. The van der Waals surface area contributed by atoms with Crippen LogP contribution in [0.5, 0.6) is 0 Å². The lowest BCUT2D eigenvalue weighted by Crippen LogP contribution is -1.94. The van der Waals surface area contributed by atoms with Crippen LogP contribution in [0.4, 0.5) is 4.39 Å². The van der Waals surface area contributed by atoms with Crippen molar-refractivity contribution in [1.82, 2.24) is 14.8 Å². The fourth-order valence-corrected chi connectivity index (χ4v) is 4.36. The molecular formula is C20H16FN3S. The summed E-state index contributed by atoms with van der Waals surface area (Å²) in [5.41, 5.74) is 9.09. The van der Waals surface area contributed by atoms with Gasteiger partial charge in [0.25, 0.3) is 0 Å². The summed E-state index contributed by atoms with van der Waals surface area (Å²) in [5, 5.41) is 4.86. The maximum absolute atomic E-state index is 13.7. The molecule has 0 saturated carbocycles. The van der Waals surface area contributed by atoms with E-state index in [1.807, 2.05) is 17.6 Å². The molecule has 2 aromatic carbocycles. The summed E-state index contributed by atoms with van der Waals surface area (Å²) < 4.78 is 17.0. The Balaban J connectivity index is 1.76. The quantitative estimate of drug-likeness (QED) is 0.497. The van der Waals surface area contributed by atoms with Crippen LogP contribution in [0.25, 0.3) is 32.6 Å². The van der Waals surface area contributed by atoms with Gasteiger partial charge in [0.05, 0.1) is 15.7 Å². The summed E-state index contributed by atoms with van der Waals surface area (Å²) in [6, 6.07) is 11.6. The predicted octanol–water partition coefficient (Wildman–Crippen LogP) is 5.22. The molecule has 25 heavy (non-hydrogen) atoms. The van der Waals surface area contributed by atoms with E-state index >= 15 is 0 Å². The Morgan fingerprint density at radius 3 is 2.88 bits per heavy atom. The third kappa shape index (κ3) is 2.30. The van der Waals surface area contributed by atoms with Gasteiger partial charge in [-0.1, -0.05) is 6.07 Å². The second kappa shape index (κ2) is 5.49. The van der Waals surface area contributed by atoms with Gasteiger partial charge >= 0.3 is 0 Å². The van der Waals surface area contributed by atoms with Crippen molar-refractivity contribution in [1.29, 1.82) is 0 Å². The highest BCUT2D eigenvalue weighted by Crippen LogP contribution is 2.39. The molecule has 4 aromatic rings. The highest BCUT2D eigenvalue weighted by atomic mass is 32.1. The van der Waals surface area contributed by atoms with Gasteiger partial charge in [-0.2, -0.15) is 5.10 Å². The Morgan fingerprint density at radius 2 is 2.00 bits per heavy atom. The molecule has 0 fully saturated rings. The third-order valence-electron chi connectivity index (χ3n) is 4.89. The molecule has 0 radical (unpaired) electrons. The van der Waals surface area contributed by atoms with E-state index in [-0.39, 0.29) is 5.82 Å². The number of fused-ring (bicyclic) bond motifs is 2. The van der Waals surface area contributed by atoms with E-state index in [2.05, 4.69) is 27.9 Å². The Hall–Kier alpha value is -2.53. The number of benzene rings is 2. The highest BCUT2D eigenvalue weighted by molar-refractivity contribution is 7.16. The van der Waals surface area contributed by atoms with E-state index < -0.39 is 0 Å². The Kier molecular flexibility index (Phi) is 3.25. The number of aromatic nitrogens is 3. The predicted molar refractivity (Wildman–Crippen MR) is 99.3 cm³/mol. The van der Waals surface area contributed by atoms with Crippen LogP contribution in [0.1, 0.15) is 17.7 Å². The van der Waals surface area contributed by atoms with Gasteiger partial charge in [-0.3, -0.25) is 4.68 Å². The monoisotopic (exact) mass is 349 g/mol. The molecule has 0 spiro atoms. The highest BCUT2D eigenvalue weighted by Gasteiger charge is 2.24. The van der Waals surface area contributed by atoms with Gasteiger partial charge < -0.3 is 0 Å². The first-order chi connectivity index (χ1) is 12.2. The minimum absolute atomic E-state index is 0.178. The summed E-state index contributed by atoms with van der Waals surface area (Å²) >= 11 is 1.65. The molecule has 1 aliphatic heterocycles. The van der Waals surface area contributed by atoms with Crippen LogP contribution in [0.2, 0.25) is 0 Å². The molecule has 0 unspecified atom stereocenters. The topological polar surface area (TPSA) is 30.7 Å². The average Bonchev–Trinajstić information content (AvgIpc) is 3.31. The number of halogens is 1. The van der Waals surface area contributed by atoms with Crippen molar-refractivity contribution in [2.45, 2.75) is 26.3 Å². The van der Waals surface area contributed by atoms with Crippen LogP contribution in [-0.4, -0.2) is 14.8 Å². The van der Waals surface area contributed by atoms with Crippen molar-refractivity contribution < 1.29 is 4.39 Å². The molecule has 0 N–H and O–H groups in total. The third-order valence-corrected chi connectivity index (χ3v) is 5.68. The van der Waals surface area contributed by atoms with E-state index in [4.69, 9.17) is 5.10 Å². The second-order valence-corrected chi connectivity index (χ2v) is 7.38. The van der Waals surface area contributed by atoms with Crippen LogP contribution >= 0.6 is 11.3 Å². The molecule has 0 amide bonds. The summed E-state index contributed by atoms with van der Waals surface area (Å²) in [7, 11) is 0. The summed E-state index contributed by atoms with van der Waals surface area (Å²) in [4.78, 5) is 4.37. The van der Waals surface area contributed by atoms with Gasteiger partial charge in [-0.25, -0.2) is 9.37 Å². The van der Waals surface area contributed by atoms with Gasteiger partial charge in [0, 0.05) is 23.4 Å². The summed E-state index contributed by atoms with van der Waals surface area (Å²) in [6.45, 7) is 2.75. The van der Waals surface area contributed by atoms with Gasteiger partial charge in [-0.15, -0.1) is 11.3 Å². The summed E-state index contributed by atoms with van der Waals surface area (Å²) in [5.74, 6) is -0.178. The van der Waals surface area contributed by atoms with Crippen LogP contribution in [0.15, 0.2) is 41.9 Å². The second-order valence-electron chi connectivity index (χ2n) is 6.50. The first kappa shape index (κ1) is 14.8. The normalized spacial score (nSPS) is 13.5. The zero-order valence-corrected chi connectivity index (χ0v) is 14.6. The van der Waals surface area contributed by atoms with Crippen LogP contribution in [0.3, 0.4) is 0 Å². The van der Waals surface area contributed by atoms with E-state index in [0.29, 0.717) is 5.56 Å². The van der Waals surface area contributed by atoms with Gasteiger partial charge in [0.15, 0.2) is 0 Å². The lowest BCUT2D eigenvalue weighted by Gasteiger charge is -2.07. The standard InChI is InChI=1S/C20H16FN3S/c1-12-9-14(4-6-15(12)21)20-19(17-3-2-8-24(17)23-20)13-5-7-16-18(10-13)25-11-22-16/h4-7,9-11H,2-3,8H2,1H3. The van der Waals surface area contributed by atoms with Crippen molar-refractivity contribution in [2.75, 3.05) is 0 Å². The van der Waals surface area contributed by atoms with Crippen molar-refractivity contribution >= 4 is 21.6 Å². The minimum atomic E-state index is -0.178. The number of hydrogen-bond acceptors (Lipinski definition) is 3. The Bertz CT molecular complexity index is 1110. The SMILES string of the molecule is Cc1cc(-c2nn3c(c2-c2ccc4ncsc4c2)CCC3)ccc1F. The molecule has 0 atom stereocenters. The van der Waals surface area contributed by atoms with Gasteiger partial charge in [0.2, 0.25) is 0 Å². The maximum Gasteiger partial charge on any atom is 0.126 e. The van der Waals surface area contributed by atoms with E-state index in [1.54, 1.807) is 18.3 Å². The average molecular weight is 349 g/mol. The minimum Gasteiger partial charge on any atom is -0.268 e. The molecule has 0 bridgehead atoms. The zero-order valence-electron chi connectivity index (χ0n) is 13.8. The lowest BCUT2D eigenvalue weighted by atomic mass is 9.97. The molecule has 3 nitrogen and oxygen atoms in total.